The van der Waals surface area contributed by atoms with Crippen LogP contribution in [0.15, 0.2) is 24.4 Å². The van der Waals surface area contributed by atoms with E-state index in [2.05, 4.69) is 5.32 Å². The van der Waals surface area contributed by atoms with Gasteiger partial charge in [-0.15, -0.1) is 0 Å². The summed E-state index contributed by atoms with van der Waals surface area (Å²) >= 11 is 6.06. The monoisotopic (exact) mass is 409 g/mol. The number of carbonyl (C=O) groups is 1. The van der Waals surface area contributed by atoms with Gasteiger partial charge in [-0.1, -0.05) is 30.9 Å². The number of hydrogen-bond donors (Lipinski definition) is 2. The number of nitrogens with one attached hydrogen (secondary N) is 1. The quantitative estimate of drug-likeness (QED) is 0.589. The van der Waals surface area contributed by atoms with Gasteiger partial charge in [0.2, 0.25) is 5.91 Å². The molecule has 8 heteroatoms. The predicted molar refractivity (Wildman–Crippen MR) is 104 cm³/mol. The maximum Gasteiger partial charge on any atom is 0.241 e. The van der Waals surface area contributed by atoms with Crippen LogP contribution in [0.2, 0.25) is 5.02 Å². The zero-order valence-corrected chi connectivity index (χ0v) is 16.2. The van der Waals surface area contributed by atoms with Crippen LogP contribution in [0.4, 0.5) is 14.5 Å². The lowest BCUT2D eigenvalue weighted by atomic mass is 9.84. The standard InChI is InChI=1S/C20H22ClF2N3O2/c1-11-17(14(21)7-8-26(11)28)18-15(22)9-13(10-16(18)23)25-20(27)19(24)12-5-3-2-4-6-12/h7-10,12,19H,2-6,24H2,1H3,(H,25,27)/t19-/m0/s1. The third-order valence-corrected chi connectivity index (χ3v) is 5.62. The zero-order chi connectivity index (χ0) is 20.4. The molecule has 0 saturated heterocycles. The Hall–Kier alpha value is -2.25. The summed E-state index contributed by atoms with van der Waals surface area (Å²) in [6.45, 7) is 1.42. The second-order valence-corrected chi connectivity index (χ2v) is 7.59. The summed E-state index contributed by atoms with van der Waals surface area (Å²) in [7, 11) is 0. The predicted octanol–water partition coefficient (Wildman–Crippen LogP) is 4.07. The molecule has 0 radical (unpaired) electrons. The van der Waals surface area contributed by atoms with Gasteiger partial charge in [0.15, 0.2) is 11.9 Å². The zero-order valence-electron chi connectivity index (χ0n) is 15.5. The third kappa shape index (κ3) is 4.10. The number of anilines is 1. The number of rotatable bonds is 4. The first-order valence-electron chi connectivity index (χ1n) is 9.23. The van der Waals surface area contributed by atoms with E-state index in [1.165, 1.54) is 13.0 Å². The molecule has 3 N–H and O–H groups in total. The molecule has 1 saturated carbocycles. The number of carbonyl (C=O) groups excluding carboxylic acids is 1. The summed E-state index contributed by atoms with van der Waals surface area (Å²) in [5.74, 6) is -2.26. The molecule has 0 bridgehead atoms. The summed E-state index contributed by atoms with van der Waals surface area (Å²) in [5, 5.41) is 14.3. The summed E-state index contributed by atoms with van der Waals surface area (Å²) in [5.41, 5.74) is 5.64. The lowest BCUT2D eigenvalue weighted by Crippen LogP contribution is -2.42. The smallest absolute Gasteiger partial charge is 0.241 e. The minimum Gasteiger partial charge on any atom is -0.618 e. The van der Waals surface area contributed by atoms with Gasteiger partial charge in [-0.05, 0) is 30.9 Å². The van der Waals surface area contributed by atoms with Crippen molar-refractivity contribution in [1.29, 1.82) is 0 Å². The first kappa shape index (κ1) is 20.5. The van der Waals surface area contributed by atoms with Crippen LogP contribution in [0.5, 0.6) is 0 Å². The largest absolute Gasteiger partial charge is 0.618 e. The van der Waals surface area contributed by atoms with E-state index in [1.54, 1.807) is 0 Å². The molecule has 1 amide bonds. The number of benzene rings is 1. The van der Waals surface area contributed by atoms with Crippen molar-refractivity contribution in [2.45, 2.75) is 45.1 Å². The van der Waals surface area contributed by atoms with E-state index in [-0.39, 0.29) is 27.9 Å². The average molecular weight is 410 g/mol. The van der Waals surface area contributed by atoms with E-state index in [0.29, 0.717) is 4.73 Å². The Balaban J connectivity index is 1.86. The maximum absolute atomic E-state index is 14.7. The first-order chi connectivity index (χ1) is 13.3. The molecule has 1 aromatic carbocycles. The van der Waals surface area contributed by atoms with Crippen molar-refractivity contribution in [1.82, 2.24) is 0 Å². The highest BCUT2D eigenvalue weighted by Gasteiger charge is 2.27. The maximum atomic E-state index is 14.7. The number of hydrogen-bond acceptors (Lipinski definition) is 3. The normalized spacial score (nSPS) is 16.0. The van der Waals surface area contributed by atoms with Crippen molar-refractivity contribution in [3.8, 4) is 11.1 Å². The molecule has 1 aliphatic carbocycles. The average Bonchev–Trinajstić information content (AvgIpc) is 2.67. The van der Waals surface area contributed by atoms with E-state index in [4.69, 9.17) is 17.3 Å². The van der Waals surface area contributed by atoms with Crippen LogP contribution < -0.4 is 15.8 Å². The van der Waals surface area contributed by atoms with Gasteiger partial charge < -0.3 is 16.3 Å². The van der Waals surface area contributed by atoms with Crippen molar-refractivity contribution in [2.24, 2.45) is 11.7 Å². The SMILES string of the molecule is Cc1c(-c2c(F)cc(NC(=O)[C@@H](N)C3CCCCC3)cc2F)c(Cl)cc[n+]1[O-]. The van der Waals surface area contributed by atoms with E-state index >= 15 is 0 Å². The Morgan fingerprint density at radius 1 is 1.25 bits per heavy atom. The Morgan fingerprint density at radius 2 is 1.86 bits per heavy atom. The molecular formula is C20H22ClF2N3O2. The lowest BCUT2D eigenvalue weighted by Gasteiger charge is -2.26. The highest BCUT2D eigenvalue weighted by molar-refractivity contribution is 6.33. The minimum absolute atomic E-state index is 0.0223. The first-order valence-corrected chi connectivity index (χ1v) is 9.61. The Bertz CT molecular complexity index is 878. The third-order valence-electron chi connectivity index (χ3n) is 5.31. The number of halogens is 3. The van der Waals surface area contributed by atoms with Crippen molar-refractivity contribution in [3.05, 3.63) is 52.0 Å². The molecule has 1 fully saturated rings. The van der Waals surface area contributed by atoms with Crippen LogP contribution in [-0.4, -0.2) is 11.9 Å². The summed E-state index contributed by atoms with van der Waals surface area (Å²) in [6.07, 6.45) is 6.10. The molecule has 1 aliphatic rings. The van der Waals surface area contributed by atoms with E-state index in [0.717, 1.165) is 50.4 Å². The molecule has 1 atom stereocenters. The fourth-order valence-electron chi connectivity index (χ4n) is 3.73. The summed E-state index contributed by atoms with van der Waals surface area (Å²) in [4.78, 5) is 12.4. The fraction of sp³-hybridized carbons (Fsp3) is 0.400. The van der Waals surface area contributed by atoms with E-state index in [1.807, 2.05) is 0 Å². The molecule has 3 rings (SSSR count). The second kappa shape index (κ2) is 8.41. The lowest BCUT2D eigenvalue weighted by molar-refractivity contribution is -0.611. The topological polar surface area (TPSA) is 82.1 Å². The Morgan fingerprint density at radius 3 is 2.46 bits per heavy atom. The van der Waals surface area contributed by atoms with Gasteiger partial charge in [0.25, 0.3) is 0 Å². The summed E-state index contributed by atoms with van der Waals surface area (Å²) < 4.78 is 29.9. The molecular weight excluding hydrogens is 388 g/mol. The Labute approximate surface area is 167 Å². The highest BCUT2D eigenvalue weighted by Crippen LogP contribution is 2.35. The van der Waals surface area contributed by atoms with Crippen LogP contribution in [0.25, 0.3) is 11.1 Å². The van der Waals surface area contributed by atoms with E-state index < -0.39 is 29.1 Å². The fourth-order valence-corrected chi connectivity index (χ4v) is 4.02. The number of pyridine rings is 1. The van der Waals surface area contributed by atoms with Crippen LogP contribution in [0.3, 0.4) is 0 Å². The van der Waals surface area contributed by atoms with Gasteiger partial charge >= 0.3 is 0 Å². The van der Waals surface area contributed by atoms with Gasteiger partial charge in [0.1, 0.15) is 11.6 Å². The van der Waals surface area contributed by atoms with Gasteiger partial charge in [-0.2, -0.15) is 4.73 Å². The van der Waals surface area contributed by atoms with Crippen molar-refractivity contribution < 1.29 is 18.3 Å². The molecule has 150 valence electrons. The van der Waals surface area contributed by atoms with Crippen LogP contribution in [-0.2, 0) is 4.79 Å². The van der Waals surface area contributed by atoms with Crippen LogP contribution in [0, 0.1) is 29.7 Å². The number of nitrogens with zero attached hydrogens (tertiary/aromatic N) is 1. The van der Waals surface area contributed by atoms with Gasteiger partial charge in [-0.3, -0.25) is 4.79 Å². The molecule has 0 spiro atoms. The number of nitrogens with two attached hydrogens (primary N) is 1. The molecule has 5 nitrogen and oxygen atoms in total. The Kier molecular flexibility index (Phi) is 6.15. The molecule has 28 heavy (non-hydrogen) atoms. The molecule has 2 aromatic rings. The van der Waals surface area contributed by atoms with Crippen molar-refractivity contribution in [3.63, 3.8) is 0 Å². The van der Waals surface area contributed by atoms with Crippen molar-refractivity contribution in [2.75, 3.05) is 5.32 Å². The highest BCUT2D eigenvalue weighted by atomic mass is 35.5. The number of aromatic nitrogens is 1. The van der Waals surface area contributed by atoms with Crippen LogP contribution >= 0.6 is 11.6 Å². The van der Waals surface area contributed by atoms with E-state index in [9.17, 15) is 18.8 Å². The number of amides is 1. The second-order valence-electron chi connectivity index (χ2n) is 7.18. The molecule has 0 aliphatic heterocycles. The molecule has 1 heterocycles. The molecule has 1 aromatic heterocycles. The van der Waals surface area contributed by atoms with Crippen molar-refractivity contribution >= 4 is 23.2 Å². The van der Waals surface area contributed by atoms with Gasteiger partial charge in [-0.25, -0.2) is 8.78 Å². The summed E-state index contributed by atoms with van der Waals surface area (Å²) in [6, 6.07) is 2.55. The van der Waals surface area contributed by atoms with Gasteiger partial charge in [0, 0.05) is 18.7 Å². The van der Waals surface area contributed by atoms with Crippen LogP contribution in [0.1, 0.15) is 37.8 Å². The van der Waals surface area contributed by atoms with Gasteiger partial charge in [0.05, 0.1) is 22.2 Å². The molecule has 0 unspecified atom stereocenters. The minimum atomic E-state index is -0.933.